The zero-order valence-corrected chi connectivity index (χ0v) is 17.3. The third-order valence-corrected chi connectivity index (χ3v) is 5.53. The molecule has 1 aliphatic rings. The summed E-state index contributed by atoms with van der Waals surface area (Å²) >= 11 is 1.75. The van der Waals surface area contributed by atoms with E-state index in [1.165, 1.54) is 10.5 Å². The molecule has 0 bridgehead atoms. The molecule has 2 N–H and O–H groups in total. The first-order chi connectivity index (χ1) is 13.7. The summed E-state index contributed by atoms with van der Waals surface area (Å²) in [6.45, 7) is 5.72. The average molecular weight is 400 g/mol. The summed E-state index contributed by atoms with van der Waals surface area (Å²) in [6, 6.07) is 16.7. The van der Waals surface area contributed by atoms with E-state index in [4.69, 9.17) is 4.74 Å². The third-order valence-electron chi connectivity index (χ3n) is 4.79. The van der Waals surface area contributed by atoms with Gasteiger partial charge in [-0.15, -0.1) is 11.8 Å². The molecule has 150 valence electrons. The molecule has 5 nitrogen and oxygen atoms in total. The second-order valence-electron chi connectivity index (χ2n) is 6.90. The van der Waals surface area contributed by atoms with Gasteiger partial charge in [-0.25, -0.2) is 0 Å². The number of anilines is 1. The number of amides is 1. The van der Waals surface area contributed by atoms with E-state index in [9.17, 15) is 4.79 Å². The second kappa shape index (κ2) is 11.2. The zero-order chi connectivity index (χ0) is 19.6. The Bertz CT molecular complexity index is 746. The fourth-order valence-corrected chi connectivity index (χ4v) is 3.57. The second-order valence-corrected chi connectivity index (χ2v) is 7.78. The normalized spacial score (nSPS) is 14.8. The van der Waals surface area contributed by atoms with Gasteiger partial charge in [0.15, 0.2) is 0 Å². The van der Waals surface area contributed by atoms with Crippen LogP contribution in [0, 0.1) is 0 Å². The van der Waals surface area contributed by atoms with Gasteiger partial charge in [-0.3, -0.25) is 9.69 Å². The highest BCUT2D eigenvalue weighted by molar-refractivity contribution is 7.98. The molecule has 2 aromatic rings. The minimum Gasteiger partial charge on any atom is -0.379 e. The zero-order valence-electron chi connectivity index (χ0n) is 16.4. The Kier molecular flexibility index (Phi) is 8.36. The van der Waals surface area contributed by atoms with Gasteiger partial charge >= 0.3 is 0 Å². The molecule has 0 radical (unpaired) electrons. The van der Waals surface area contributed by atoms with Gasteiger partial charge in [0.25, 0.3) is 0 Å². The molecule has 1 heterocycles. The maximum Gasteiger partial charge on any atom is 0.225 e. The van der Waals surface area contributed by atoms with Crippen LogP contribution in [0.15, 0.2) is 53.4 Å². The van der Waals surface area contributed by atoms with E-state index in [1.807, 2.05) is 18.2 Å². The molecule has 6 heteroatoms. The molecular weight excluding hydrogens is 370 g/mol. The Morgan fingerprint density at radius 1 is 1.07 bits per heavy atom. The molecule has 0 saturated carbocycles. The number of ether oxygens (including phenoxy) is 1. The number of carbonyl (C=O) groups excluding carboxylic acids is 1. The van der Waals surface area contributed by atoms with Crippen LogP contribution in [0.3, 0.4) is 0 Å². The van der Waals surface area contributed by atoms with Crippen LogP contribution >= 0.6 is 11.8 Å². The Balaban J connectivity index is 1.41. The molecule has 0 aliphatic carbocycles. The summed E-state index contributed by atoms with van der Waals surface area (Å²) in [7, 11) is 0. The first-order valence-corrected chi connectivity index (χ1v) is 11.0. The predicted octanol–water partition coefficient (Wildman–Crippen LogP) is 3.36. The quantitative estimate of drug-likeness (QED) is 0.634. The van der Waals surface area contributed by atoms with Gasteiger partial charge in [0, 0.05) is 49.7 Å². The van der Waals surface area contributed by atoms with Crippen molar-refractivity contribution in [3.63, 3.8) is 0 Å². The van der Waals surface area contributed by atoms with Crippen LogP contribution in [0.25, 0.3) is 0 Å². The number of thioether (sulfide) groups is 1. The Labute approximate surface area is 171 Å². The number of rotatable bonds is 9. The van der Waals surface area contributed by atoms with E-state index in [2.05, 4.69) is 52.1 Å². The van der Waals surface area contributed by atoms with Crippen molar-refractivity contribution in [3.8, 4) is 0 Å². The van der Waals surface area contributed by atoms with Crippen LogP contribution in [-0.4, -0.2) is 49.9 Å². The maximum absolute atomic E-state index is 12.2. The molecule has 0 atom stereocenters. The molecule has 1 amide bonds. The molecule has 0 unspecified atom stereocenters. The average Bonchev–Trinajstić information content (AvgIpc) is 2.74. The molecule has 28 heavy (non-hydrogen) atoms. The van der Waals surface area contributed by atoms with E-state index in [0.29, 0.717) is 6.42 Å². The smallest absolute Gasteiger partial charge is 0.225 e. The number of nitrogens with one attached hydrogen (secondary N) is 2. The lowest BCUT2D eigenvalue weighted by molar-refractivity contribution is -0.116. The van der Waals surface area contributed by atoms with Crippen molar-refractivity contribution in [2.45, 2.75) is 24.4 Å². The van der Waals surface area contributed by atoms with Gasteiger partial charge in [0.2, 0.25) is 5.91 Å². The van der Waals surface area contributed by atoms with Crippen LogP contribution in [0.1, 0.15) is 17.5 Å². The Morgan fingerprint density at radius 2 is 1.82 bits per heavy atom. The molecule has 1 saturated heterocycles. The Hall–Kier alpha value is -1.86. The molecule has 2 aromatic carbocycles. The fraction of sp³-hybridized carbons (Fsp3) is 0.409. The van der Waals surface area contributed by atoms with Crippen molar-refractivity contribution >= 4 is 23.4 Å². The highest BCUT2D eigenvalue weighted by Gasteiger charge is 2.12. The van der Waals surface area contributed by atoms with E-state index >= 15 is 0 Å². The summed E-state index contributed by atoms with van der Waals surface area (Å²) < 4.78 is 5.34. The maximum atomic E-state index is 12.2. The van der Waals surface area contributed by atoms with Gasteiger partial charge in [0.05, 0.1) is 13.2 Å². The largest absolute Gasteiger partial charge is 0.379 e. The van der Waals surface area contributed by atoms with Crippen molar-refractivity contribution in [2.24, 2.45) is 0 Å². The number of hydrogen-bond donors (Lipinski definition) is 2. The monoisotopic (exact) mass is 399 g/mol. The standard InChI is InChI=1S/C22H29N3O2S/c1-28-21-7-5-18(6-8-21)16-23-17-19-3-2-4-20(15-19)24-22(26)9-10-25-11-13-27-14-12-25/h2-8,15,23H,9-14,16-17H2,1H3,(H,24,26). The number of carbonyl (C=O) groups is 1. The van der Waals surface area contributed by atoms with Crippen LogP contribution in [-0.2, 0) is 22.6 Å². The molecule has 0 aromatic heterocycles. The summed E-state index contributed by atoms with van der Waals surface area (Å²) in [5.41, 5.74) is 3.28. The van der Waals surface area contributed by atoms with E-state index < -0.39 is 0 Å². The Morgan fingerprint density at radius 3 is 2.57 bits per heavy atom. The molecule has 1 fully saturated rings. The van der Waals surface area contributed by atoms with Gasteiger partial charge in [-0.2, -0.15) is 0 Å². The van der Waals surface area contributed by atoms with Crippen LogP contribution in [0.5, 0.6) is 0 Å². The number of nitrogens with zero attached hydrogens (tertiary/aromatic N) is 1. The lowest BCUT2D eigenvalue weighted by Crippen LogP contribution is -2.38. The number of benzene rings is 2. The van der Waals surface area contributed by atoms with Gasteiger partial charge in [-0.05, 0) is 41.6 Å². The van der Waals surface area contributed by atoms with Crippen LogP contribution < -0.4 is 10.6 Å². The number of hydrogen-bond acceptors (Lipinski definition) is 5. The van der Waals surface area contributed by atoms with E-state index in [1.54, 1.807) is 11.8 Å². The summed E-state index contributed by atoms with van der Waals surface area (Å²) in [4.78, 5) is 15.8. The van der Waals surface area contributed by atoms with E-state index in [-0.39, 0.29) is 5.91 Å². The highest BCUT2D eigenvalue weighted by atomic mass is 32.2. The van der Waals surface area contributed by atoms with Crippen molar-refractivity contribution in [1.29, 1.82) is 0 Å². The minimum absolute atomic E-state index is 0.0606. The molecule has 3 rings (SSSR count). The van der Waals surface area contributed by atoms with Crippen LogP contribution in [0.4, 0.5) is 5.69 Å². The first kappa shape index (κ1) is 20.9. The number of morpholine rings is 1. The van der Waals surface area contributed by atoms with Crippen molar-refractivity contribution in [3.05, 3.63) is 59.7 Å². The lowest BCUT2D eigenvalue weighted by Gasteiger charge is -2.26. The predicted molar refractivity (Wildman–Crippen MR) is 116 cm³/mol. The SMILES string of the molecule is CSc1ccc(CNCc2cccc(NC(=O)CCN3CCOCC3)c2)cc1. The summed E-state index contributed by atoms with van der Waals surface area (Å²) in [5.74, 6) is 0.0606. The van der Waals surface area contributed by atoms with Gasteiger partial charge in [-0.1, -0.05) is 24.3 Å². The lowest BCUT2D eigenvalue weighted by atomic mass is 10.2. The first-order valence-electron chi connectivity index (χ1n) is 9.75. The van der Waals surface area contributed by atoms with Gasteiger partial charge < -0.3 is 15.4 Å². The fourth-order valence-electron chi connectivity index (χ4n) is 3.16. The summed E-state index contributed by atoms with van der Waals surface area (Å²) in [6.07, 6.45) is 2.59. The van der Waals surface area contributed by atoms with Crippen LogP contribution in [0.2, 0.25) is 0 Å². The van der Waals surface area contributed by atoms with Crippen molar-refractivity contribution in [1.82, 2.24) is 10.2 Å². The minimum atomic E-state index is 0.0606. The molecular formula is C22H29N3O2S. The summed E-state index contributed by atoms with van der Waals surface area (Å²) in [5, 5.41) is 6.48. The molecule has 1 aliphatic heterocycles. The highest BCUT2D eigenvalue weighted by Crippen LogP contribution is 2.15. The van der Waals surface area contributed by atoms with E-state index in [0.717, 1.165) is 57.2 Å². The van der Waals surface area contributed by atoms with Crippen molar-refractivity contribution < 1.29 is 9.53 Å². The topological polar surface area (TPSA) is 53.6 Å². The molecule has 0 spiro atoms. The van der Waals surface area contributed by atoms with Gasteiger partial charge in [0.1, 0.15) is 0 Å². The van der Waals surface area contributed by atoms with Crippen molar-refractivity contribution in [2.75, 3.05) is 44.4 Å². The third kappa shape index (κ3) is 6.95.